The second-order valence-electron chi connectivity index (χ2n) is 7.93. The molecule has 32 heavy (non-hydrogen) atoms. The van der Waals surface area contributed by atoms with E-state index in [1.165, 1.54) is 0 Å². The summed E-state index contributed by atoms with van der Waals surface area (Å²) >= 11 is 0. The quantitative estimate of drug-likeness (QED) is 0.172. The monoisotopic (exact) mass is 474 g/mol. The van der Waals surface area contributed by atoms with Crippen molar-refractivity contribution in [3.05, 3.63) is 0 Å². The Balaban J connectivity index is 1.64. The zero-order valence-electron chi connectivity index (χ0n) is 16.7. The SMILES string of the molecule is OC[C@H]1O[C@@H](O[C@@H]2[C@@H](O)[C@H](O)O[C@H](CO[C@@H]3OC[C@@H](O)[C@H](O)[C@H]3O)[C@H]2O)[C@H](O)[C@@H](O)[C@@H]1O. The Morgan fingerprint density at radius 1 is 0.656 bits per heavy atom. The molecule has 3 rings (SSSR count). The van der Waals surface area contributed by atoms with Crippen LogP contribution in [0.4, 0.5) is 0 Å². The molecule has 3 fully saturated rings. The summed E-state index contributed by atoms with van der Waals surface area (Å²) in [5, 5.41) is 98.8. The molecule has 10 N–H and O–H groups in total. The van der Waals surface area contributed by atoms with Crippen molar-refractivity contribution in [2.75, 3.05) is 19.8 Å². The van der Waals surface area contributed by atoms with E-state index in [2.05, 4.69) is 0 Å². The summed E-state index contributed by atoms with van der Waals surface area (Å²) in [6.45, 7) is -1.59. The van der Waals surface area contributed by atoms with Gasteiger partial charge in [-0.25, -0.2) is 0 Å². The fraction of sp³-hybridized carbons (Fsp3) is 1.00. The van der Waals surface area contributed by atoms with Gasteiger partial charge in [0, 0.05) is 0 Å². The summed E-state index contributed by atoms with van der Waals surface area (Å²) < 4.78 is 26.0. The molecule has 0 aromatic rings. The van der Waals surface area contributed by atoms with E-state index in [1.807, 2.05) is 0 Å². The average molecular weight is 474 g/mol. The smallest absolute Gasteiger partial charge is 0.187 e. The van der Waals surface area contributed by atoms with Gasteiger partial charge in [0.1, 0.15) is 67.1 Å². The summed E-state index contributed by atoms with van der Waals surface area (Å²) in [4.78, 5) is 0. The molecule has 0 aliphatic carbocycles. The zero-order chi connectivity index (χ0) is 23.7. The van der Waals surface area contributed by atoms with Crippen LogP contribution in [0, 0.1) is 0 Å². The highest BCUT2D eigenvalue weighted by Gasteiger charge is 2.50. The molecule has 3 aliphatic heterocycles. The van der Waals surface area contributed by atoms with E-state index in [-0.39, 0.29) is 6.61 Å². The van der Waals surface area contributed by atoms with Gasteiger partial charge in [-0.05, 0) is 0 Å². The van der Waals surface area contributed by atoms with Crippen molar-refractivity contribution in [3.63, 3.8) is 0 Å². The maximum atomic E-state index is 10.6. The molecule has 188 valence electrons. The first-order chi connectivity index (χ1) is 15.1. The Hall–Kier alpha value is -0.600. The highest BCUT2D eigenvalue weighted by Crippen LogP contribution is 2.29. The van der Waals surface area contributed by atoms with Gasteiger partial charge in [0.05, 0.1) is 19.8 Å². The number of hydrogen-bond donors (Lipinski definition) is 10. The Kier molecular flexibility index (Phi) is 8.75. The molecule has 0 unspecified atom stereocenters. The summed E-state index contributed by atoms with van der Waals surface area (Å²) in [6, 6.07) is 0. The Bertz CT molecular complexity index is 594. The van der Waals surface area contributed by atoms with Crippen molar-refractivity contribution >= 4 is 0 Å². The minimum atomic E-state index is -1.88. The van der Waals surface area contributed by atoms with E-state index in [0.717, 1.165) is 0 Å². The number of aliphatic hydroxyl groups excluding tert-OH is 10. The van der Waals surface area contributed by atoms with Gasteiger partial charge >= 0.3 is 0 Å². The van der Waals surface area contributed by atoms with E-state index in [9.17, 15) is 51.1 Å². The third-order valence-corrected chi connectivity index (χ3v) is 5.68. The van der Waals surface area contributed by atoms with Gasteiger partial charge in [0.25, 0.3) is 0 Å². The van der Waals surface area contributed by atoms with Gasteiger partial charge in [0.15, 0.2) is 18.9 Å². The minimum Gasteiger partial charge on any atom is -0.394 e. The van der Waals surface area contributed by atoms with Crippen LogP contribution in [-0.4, -0.2) is 157 Å². The van der Waals surface area contributed by atoms with Gasteiger partial charge in [0.2, 0.25) is 0 Å². The maximum Gasteiger partial charge on any atom is 0.187 e. The zero-order valence-corrected chi connectivity index (χ0v) is 16.7. The van der Waals surface area contributed by atoms with Crippen molar-refractivity contribution in [1.82, 2.24) is 0 Å². The first-order valence-corrected chi connectivity index (χ1v) is 9.99. The summed E-state index contributed by atoms with van der Waals surface area (Å²) in [5.41, 5.74) is 0. The van der Waals surface area contributed by atoms with Crippen LogP contribution >= 0.6 is 0 Å². The summed E-state index contributed by atoms with van der Waals surface area (Å²) in [7, 11) is 0. The third-order valence-electron chi connectivity index (χ3n) is 5.68. The standard InChI is InChI=1S/C17H30O15/c18-1-5-8(21)10(23)12(25)17(31-5)32-14-9(22)6(30-15(27)13(14)26)3-29-16-11(24)7(20)4(19)2-28-16/h4-27H,1-3H2/t4-,5-,6-,7+,8-,9-,10+,11-,12-,13-,14+,15-,16+,17+/m1/s1. The van der Waals surface area contributed by atoms with Crippen molar-refractivity contribution in [3.8, 4) is 0 Å². The lowest BCUT2D eigenvalue weighted by molar-refractivity contribution is -0.360. The fourth-order valence-corrected chi connectivity index (χ4v) is 3.67. The largest absolute Gasteiger partial charge is 0.394 e. The van der Waals surface area contributed by atoms with Crippen LogP contribution in [0.1, 0.15) is 0 Å². The topological polar surface area (TPSA) is 248 Å². The Morgan fingerprint density at radius 2 is 1.31 bits per heavy atom. The molecule has 0 spiro atoms. The number of ether oxygens (including phenoxy) is 5. The molecule has 0 saturated carbocycles. The first-order valence-electron chi connectivity index (χ1n) is 9.99. The Morgan fingerprint density at radius 3 is 1.97 bits per heavy atom. The predicted octanol–water partition coefficient (Wildman–Crippen LogP) is -6.93. The van der Waals surface area contributed by atoms with Gasteiger partial charge in [-0.3, -0.25) is 0 Å². The predicted molar refractivity (Wildman–Crippen MR) is 95.2 cm³/mol. The molecule has 3 saturated heterocycles. The van der Waals surface area contributed by atoms with Crippen molar-refractivity contribution in [2.24, 2.45) is 0 Å². The highest BCUT2D eigenvalue weighted by atomic mass is 16.7. The molecule has 0 aromatic carbocycles. The number of hydrogen-bond acceptors (Lipinski definition) is 15. The van der Waals surface area contributed by atoms with E-state index in [0.29, 0.717) is 0 Å². The molecule has 14 atom stereocenters. The van der Waals surface area contributed by atoms with Gasteiger partial charge in [-0.2, -0.15) is 0 Å². The molecule has 15 heteroatoms. The van der Waals surface area contributed by atoms with Crippen LogP contribution < -0.4 is 0 Å². The molecule has 0 amide bonds. The molecular weight excluding hydrogens is 444 g/mol. The van der Waals surface area contributed by atoms with E-state index in [1.54, 1.807) is 0 Å². The molecule has 3 heterocycles. The second kappa shape index (κ2) is 10.8. The van der Waals surface area contributed by atoms with Crippen LogP contribution in [0.25, 0.3) is 0 Å². The Labute approximate surface area is 181 Å². The third kappa shape index (κ3) is 5.22. The van der Waals surface area contributed by atoms with Crippen molar-refractivity contribution in [2.45, 2.75) is 86.0 Å². The lowest BCUT2D eigenvalue weighted by Gasteiger charge is -2.45. The van der Waals surface area contributed by atoms with Crippen molar-refractivity contribution in [1.29, 1.82) is 0 Å². The summed E-state index contributed by atoms with van der Waals surface area (Å²) in [6.07, 6.45) is -22.5. The van der Waals surface area contributed by atoms with E-state index >= 15 is 0 Å². The minimum absolute atomic E-state index is 0.332. The number of aliphatic hydroxyl groups is 10. The molecule has 0 aromatic heterocycles. The van der Waals surface area contributed by atoms with Gasteiger partial charge in [-0.15, -0.1) is 0 Å². The number of rotatable bonds is 6. The van der Waals surface area contributed by atoms with Crippen molar-refractivity contribution < 1.29 is 74.7 Å². The van der Waals surface area contributed by atoms with Crippen LogP contribution in [0.2, 0.25) is 0 Å². The van der Waals surface area contributed by atoms with Gasteiger partial charge in [-0.1, -0.05) is 0 Å². The van der Waals surface area contributed by atoms with Gasteiger partial charge < -0.3 is 74.7 Å². The molecule has 0 bridgehead atoms. The molecule has 3 aliphatic rings. The molecule has 0 radical (unpaired) electrons. The second-order valence-corrected chi connectivity index (χ2v) is 7.93. The fourth-order valence-electron chi connectivity index (χ4n) is 3.67. The maximum absolute atomic E-state index is 10.6. The lowest BCUT2D eigenvalue weighted by atomic mass is 9.97. The van der Waals surface area contributed by atoms with Crippen LogP contribution in [0.3, 0.4) is 0 Å². The average Bonchev–Trinajstić information content (AvgIpc) is 2.77. The first kappa shape index (κ1) is 26.0. The summed E-state index contributed by atoms with van der Waals surface area (Å²) in [5.74, 6) is 0. The molecular formula is C17H30O15. The van der Waals surface area contributed by atoms with Crippen LogP contribution in [-0.2, 0) is 23.7 Å². The normalized spacial score (nSPS) is 52.7. The highest BCUT2D eigenvalue weighted by molar-refractivity contribution is 4.94. The van der Waals surface area contributed by atoms with Crippen LogP contribution in [0.5, 0.6) is 0 Å². The lowest BCUT2D eigenvalue weighted by Crippen LogP contribution is -2.64. The van der Waals surface area contributed by atoms with Crippen LogP contribution in [0.15, 0.2) is 0 Å². The van der Waals surface area contributed by atoms with E-state index in [4.69, 9.17) is 23.7 Å². The van der Waals surface area contributed by atoms with E-state index < -0.39 is 99.2 Å². The molecule has 15 nitrogen and oxygen atoms in total.